The summed E-state index contributed by atoms with van der Waals surface area (Å²) in [6.45, 7) is 2.61. The maximum absolute atomic E-state index is 13.2. The molecule has 9 heteroatoms. The summed E-state index contributed by atoms with van der Waals surface area (Å²) >= 11 is 0. The van der Waals surface area contributed by atoms with Crippen molar-refractivity contribution in [2.24, 2.45) is 5.73 Å². The quantitative estimate of drug-likeness (QED) is 0.336. The Morgan fingerprint density at radius 1 is 0.974 bits per heavy atom. The van der Waals surface area contributed by atoms with E-state index in [4.69, 9.17) is 5.73 Å². The zero-order valence-corrected chi connectivity index (χ0v) is 21.7. The van der Waals surface area contributed by atoms with Gasteiger partial charge >= 0.3 is 0 Å². The standard InChI is InChI=1S/C29H28N4O4S/c1-2-33-24(26(28(30)34)27(31-33)21-16-17-21)18-19-12-14-20(15-13-19)23-10-6-7-11-25(23)38(36,37)32-29(35)22-8-4-3-5-9-22/h3-15,21H,2,16-18H2,1H3,(H2,30,34)(H,32,35). The van der Waals surface area contributed by atoms with E-state index >= 15 is 0 Å². The molecule has 1 saturated carbocycles. The molecule has 38 heavy (non-hydrogen) atoms. The van der Waals surface area contributed by atoms with Crippen molar-refractivity contribution >= 4 is 21.8 Å². The molecule has 0 unspecified atom stereocenters. The summed E-state index contributed by atoms with van der Waals surface area (Å²) in [5, 5.41) is 4.67. The maximum Gasteiger partial charge on any atom is 0.264 e. The number of benzene rings is 3. The second kappa shape index (κ2) is 10.3. The number of aromatic nitrogens is 2. The van der Waals surface area contributed by atoms with Crippen molar-refractivity contribution in [3.05, 3.63) is 107 Å². The highest BCUT2D eigenvalue weighted by Gasteiger charge is 2.33. The van der Waals surface area contributed by atoms with E-state index in [0.717, 1.165) is 29.8 Å². The molecule has 2 amide bonds. The first-order valence-electron chi connectivity index (χ1n) is 12.5. The van der Waals surface area contributed by atoms with Gasteiger partial charge in [0.25, 0.3) is 21.8 Å². The van der Waals surface area contributed by atoms with Gasteiger partial charge in [-0.1, -0.05) is 60.7 Å². The Hall–Kier alpha value is -4.24. The fourth-order valence-corrected chi connectivity index (χ4v) is 5.83. The fraction of sp³-hybridized carbons (Fsp3) is 0.207. The molecule has 1 fully saturated rings. The third-order valence-corrected chi connectivity index (χ3v) is 8.06. The number of sulfonamides is 1. The van der Waals surface area contributed by atoms with Crippen LogP contribution in [0.3, 0.4) is 0 Å². The van der Waals surface area contributed by atoms with Crippen molar-refractivity contribution in [3.63, 3.8) is 0 Å². The molecule has 3 aromatic carbocycles. The predicted octanol–water partition coefficient (Wildman–Crippen LogP) is 4.26. The van der Waals surface area contributed by atoms with E-state index in [0.29, 0.717) is 35.6 Å². The second-order valence-electron chi connectivity index (χ2n) is 9.33. The molecule has 1 aromatic heterocycles. The molecule has 0 radical (unpaired) electrons. The van der Waals surface area contributed by atoms with Crippen molar-refractivity contribution in [2.75, 3.05) is 0 Å². The highest BCUT2D eigenvalue weighted by molar-refractivity contribution is 7.90. The fourth-order valence-electron chi connectivity index (χ4n) is 4.63. The third kappa shape index (κ3) is 5.10. The molecule has 194 valence electrons. The lowest BCUT2D eigenvalue weighted by molar-refractivity contribution is 0.0977. The van der Waals surface area contributed by atoms with Crippen LogP contribution in [0.1, 0.15) is 63.4 Å². The largest absolute Gasteiger partial charge is 0.365 e. The van der Waals surface area contributed by atoms with Crippen molar-refractivity contribution in [2.45, 2.75) is 43.5 Å². The van der Waals surface area contributed by atoms with Crippen molar-refractivity contribution < 1.29 is 18.0 Å². The second-order valence-corrected chi connectivity index (χ2v) is 11.0. The Balaban J connectivity index is 1.42. The van der Waals surface area contributed by atoms with Gasteiger partial charge in [-0.05, 0) is 49.1 Å². The molecule has 1 aliphatic rings. The predicted molar refractivity (Wildman–Crippen MR) is 144 cm³/mol. The van der Waals surface area contributed by atoms with Gasteiger partial charge < -0.3 is 5.73 Å². The smallest absolute Gasteiger partial charge is 0.264 e. The molecular weight excluding hydrogens is 500 g/mol. The van der Waals surface area contributed by atoms with Crippen LogP contribution in [0, 0.1) is 0 Å². The number of nitrogens with one attached hydrogen (secondary N) is 1. The first-order valence-corrected chi connectivity index (χ1v) is 14.0. The Morgan fingerprint density at radius 3 is 2.26 bits per heavy atom. The third-order valence-electron chi connectivity index (χ3n) is 6.67. The lowest BCUT2D eigenvalue weighted by atomic mass is 9.99. The zero-order chi connectivity index (χ0) is 26.9. The van der Waals surface area contributed by atoms with Crippen LogP contribution in [0.5, 0.6) is 0 Å². The number of carbonyl (C=O) groups excluding carboxylic acids is 2. The number of hydrogen-bond donors (Lipinski definition) is 2. The minimum absolute atomic E-state index is 0.00572. The summed E-state index contributed by atoms with van der Waals surface area (Å²) in [7, 11) is -4.13. The molecule has 1 aliphatic carbocycles. The molecule has 0 bridgehead atoms. The van der Waals surface area contributed by atoms with Crippen LogP contribution in [-0.2, 0) is 23.0 Å². The zero-order valence-electron chi connectivity index (χ0n) is 20.9. The normalized spacial score (nSPS) is 13.3. The first kappa shape index (κ1) is 25.4. The first-order chi connectivity index (χ1) is 18.3. The van der Waals surface area contributed by atoms with Gasteiger partial charge in [0.15, 0.2) is 0 Å². The number of primary amides is 1. The average molecular weight is 529 g/mol. The molecular formula is C29H28N4O4S. The van der Waals surface area contributed by atoms with Crippen LogP contribution in [0.4, 0.5) is 0 Å². The lowest BCUT2D eigenvalue weighted by Crippen LogP contribution is -2.30. The lowest BCUT2D eigenvalue weighted by Gasteiger charge is -2.13. The Bertz CT molecular complexity index is 1610. The molecule has 1 heterocycles. The molecule has 0 saturated heterocycles. The number of rotatable bonds is 9. The number of amides is 2. The molecule has 3 N–H and O–H groups in total. The van der Waals surface area contributed by atoms with Crippen molar-refractivity contribution in [1.82, 2.24) is 14.5 Å². The topological polar surface area (TPSA) is 124 Å². The minimum atomic E-state index is -4.13. The van der Waals surface area contributed by atoms with E-state index in [1.54, 1.807) is 48.5 Å². The van der Waals surface area contributed by atoms with Crippen LogP contribution < -0.4 is 10.5 Å². The van der Waals surface area contributed by atoms with Crippen LogP contribution in [0.25, 0.3) is 11.1 Å². The van der Waals surface area contributed by atoms with E-state index in [2.05, 4.69) is 9.82 Å². The number of carbonyl (C=O) groups is 2. The summed E-state index contributed by atoms with van der Waals surface area (Å²) in [5.74, 6) is -0.860. The monoisotopic (exact) mass is 528 g/mol. The number of nitrogens with two attached hydrogens (primary N) is 1. The van der Waals surface area contributed by atoms with Gasteiger partial charge in [0.05, 0.1) is 21.8 Å². The van der Waals surface area contributed by atoms with Crippen LogP contribution in [0.2, 0.25) is 0 Å². The molecule has 0 aliphatic heterocycles. The Labute approximate surface area is 221 Å². The van der Waals surface area contributed by atoms with E-state index < -0.39 is 21.8 Å². The molecule has 0 atom stereocenters. The molecule has 5 rings (SSSR count). The summed E-state index contributed by atoms with van der Waals surface area (Å²) in [6.07, 6.45) is 2.51. The van der Waals surface area contributed by atoms with Crippen LogP contribution >= 0.6 is 0 Å². The Morgan fingerprint density at radius 2 is 1.63 bits per heavy atom. The van der Waals surface area contributed by atoms with Crippen molar-refractivity contribution in [3.8, 4) is 11.1 Å². The van der Waals surface area contributed by atoms with E-state index in [9.17, 15) is 18.0 Å². The van der Waals surface area contributed by atoms with Crippen molar-refractivity contribution in [1.29, 1.82) is 0 Å². The Kier molecular flexibility index (Phi) is 6.86. The van der Waals surface area contributed by atoms with E-state index in [-0.39, 0.29) is 10.5 Å². The number of hydrogen-bond acceptors (Lipinski definition) is 5. The van der Waals surface area contributed by atoms with Gasteiger partial charge in [-0.15, -0.1) is 0 Å². The molecule has 0 spiro atoms. The van der Waals surface area contributed by atoms with Gasteiger partial charge in [0, 0.05) is 30.0 Å². The highest BCUT2D eigenvalue weighted by atomic mass is 32.2. The SMILES string of the molecule is CCn1nc(C2CC2)c(C(N)=O)c1Cc1ccc(-c2ccccc2S(=O)(=O)NC(=O)c2ccccc2)cc1. The average Bonchev–Trinajstić information content (AvgIpc) is 3.70. The molecule has 8 nitrogen and oxygen atoms in total. The van der Waals surface area contributed by atoms with Crippen LogP contribution in [0.15, 0.2) is 83.8 Å². The van der Waals surface area contributed by atoms with Gasteiger partial charge in [0.2, 0.25) is 0 Å². The maximum atomic E-state index is 13.2. The summed E-state index contributed by atoms with van der Waals surface area (Å²) in [4.78, 5) is 24.9. The molecule has 4 aromatic rings. The summed E-state index contributed by atoms with van der Waals surface area (Å²) < 4.78 is 30.3. The highest BCUT2D eigenvalue weighted by Crippen LogP contribution is 2.42. The van der Waals surface area contributed by atoms with Gasteiger partial charge in [-0.2, -0.15) is 5.10 Å². The van der Waals surface area contributed by atoms with E-state index in [1.165, 1.54) is 6.07 Å². The summed E-state index contributed by atoms with van der Waals surface area (Å²) in [6, 6.07) is 22.2. The minimum Gasteiger partial charge on any atom is -0.365 e. The van der Waals surface area contributed by atoms with Gasteiger partial charge in [0.1, 0.15) is 0 Å². The van der Waals surface area contributed by atoms with Gasteiger partial charge in [-0.3, -0.25) is 14.3 Å². The van der Waals surface area contributed by atoms with Gasteiger partial charge in [-0.25, -0.2) is 13.1 Å². The van der Waals surface area contributed by atoms with Crippen LogP contribution in [-0.4, -0.2) is 30.0 Å². The number of aryl methyl sites for hydroxylation is 1. The van der Waals surface area contributed by atoms with E-state index in [1.807, 2.05) is 35.9 Å². The summed E-state index contributed by atoms with van der Waals surface area (Å²) in [5.41, 5.74) is 10.2. The number of nitrogens with zero attached hydrogens (tertiary/aromatic N) is 2.